The van der Waals surface area contributed by atoms with E-state index in [9.17, 15) is 9.18 Å². The Morgan fingerprint density at radius 3 is 2.48 bits per heavy atom. The summed E-state index contributed by atoms with van der Waals surface area (Å²) in [6, 6.07) is 15.6. The number of rotatable bonds is 3. The van der Waals surface area contributed by atoms with Crippen LogP contribution in [0.1, 0.15) is 10.4 Å². The van der Waals surface area contributed by atoms with E-state index in [2.05, 4.69) is 0 Å². The van der Waals surface area contributed by atoms with Crippen LogP contribution in [0.25, 0.3) is 21.9 Å². The third-order valence-electron chi connectivity index (χ3n) is 3.77. The quantitative estimate of drug-likeness (QED) is 0.671. The molecule has 0 fully saturated rings. The van der Waals surface area contributed by atoms with Gasteiger partial charge >= 0.3 is 5.97 Å². The first-order valence-electron chi connectivity index (χ1n) is 7.09. The van der Waals surface area contributed by atoms with Crippen LogP contribution in [0.4, 0.5) is 4.39 Å². The van der Waals surface area contributed by atoms with Crippen molar-refractivity contribution in [1.29, 1.82) is 0 Å². The van der Waals surface area contributed by atoms with E-state index in [0.717, 1.165) is 10.8 Å². The van der Waals surface area contributed by atoms with Crippen LogP contribution in [0.2, 0.25) is 0 Å². The molecule has 0 amide bonds. The summed E-state index contributed by atoms with van der Waals surface area (Å²) >= 11 is 0. The molecule has 0 heterocycles. The Kier molecular flexibility index (Phi) is 3.98. The molecule has 0 saturated heterocycles. The zero-order chi connectivity index (χ0) is 16.4. The molecule has 3 aromatic rings. The third-order valence-corrected chi connectivity index (χ3v) is 3.77. The topological polar surface area (TPSA) is 35.5 Å². The Morgan fingerprint density at radius 1 is 0.957 bits per heavy atom. The van der Waals surface area contributed by atoms with Gasteiger partial charge in [0.25, 0.3) is 0 Å². The molecule has 0 spiro atoms. The SMILES string of the molecule is COC(=O)c1ccc2cccc(-c3ccc(OC)cc3F)c2c1. The molecular weight excluding hydrogens is 295 g/mol. The van der Waals surface area contributed by atoms with E-state index in [1.165, 1.54) is 20.3 Å². The van der Waals surface area contributed by atoms with Crippen molar-refractivity contribution in [1.82, 2.24) is 0 Å². The Bertz CT molecular complexity index is 887. The predicted octanol–water partition coefficient (Wildman–Crippen LogP) is 4.44. The van der Waals surface area contributed by atoms with Gasteiger partial charge in [-0.05, 0) is 40.6 Å². The number of benzene rings is 3. The average Bonchev–Trinajstić information content (AvgIpc) is 2.60. The van der Waals surface area contributed by atoms with Crippen LogP contribution < -0.4 is 4.74 Å². The van der Waals surface area contributed by atoms with Crippen LogP contribution in [-0.2, 0) is 4.74 Å². The van der Waals surface area contributed by atoms with Gasteiger partial charge in [0, 0.05) is 11.6 Å². The van der Waals surface area contributed by atoms with Gasteiger partial charge in [0.05, 0.1) is 19.8 Å². The second kappa shape index (κ2) is 6.08. The van der Waals surface area contributed by atoms with E-state index in [1.807, 2.05) is 24.3 Å². The second-order valence-corrected chi connectivity index (χ2v) is 5.08. The van der Waals surface area contributed by atoms with Crippen molar-refractivity contribution >= 4 is 16.7 Å². The molecule has 3 aromatic carbocycles. The minimum atomic E-state index is -0.420. The van der Waals surface area contributed by atoms with E-state index >= 15 is 0 Å². The lowest BCUT2D eigenvalue weighted by molar-refractivity contribution is 0.0601. The summed E-state index contributed by atoms with van der Waals surface area (Å²) in [6.45, 7) is 0. The van der Waals surface area contributed by atoms with Crippen molar-refractivity contribution in [2.45, 2.75) is 0 Å². The maximum Gasteiger partial charge on any atom is 0.337 e. The van der Waals surface area contributed by atoms with Crippen molar-refractivity contribution in [3.63, 3.8) is 0 Å². The van der Waals surface area contributed by atoms with E-state index in [1.54, 1.807) is 24.3 Å². The van der Waals surface area contributed by atoms with Crippen LogP contribution in [0.5, 0.6) is 5.75 Å². The molecule has 0 aliphatic heterocycles. The summed E-state index contributed by atoms with van der Waals surface area (Å²) in [5.41, 5.74) is 1.60. The van der Waals surface area contributed by atoms with Crippen LogP contribution in [0.3, 0.4) is 0 Å². The molecule has 3 nitrogen and oxygen atoms in total. The molecule has 0 unspecified atom stereocenters. The zero-order valence-electron chi connectivity index (χ0n) is 12.8. The number of methoxy groups -OCH3 is 2. The van der Waals surface area contributed by atoms with Crippen molar-refractivity contribution in [3.05, 3.63) is 66.0 Å². The van der Waals surface area contributed by atoms with Crippen LogP contribution >= 0.6 is 0 Å². The Hall–Kier alpha value is -2.88. The summed E-state index contributed by atoms with van der Waals surface area (Å²) in [7, 11) is 2.83. The first kappa shape index (κ1) is 15.0. The standard InChI is InChI=1S/C19H15FO3/c1-22-14-8-9-16(18(20)11-14)15-5-3-4-12-6-7-13(10-17(12)15)19(21)23-2/h3-11H,1-2H3. The van der Waals surface area contributed by atoms with Crippen molar-refractivity contribution < 1.29 is 18.7 Å². The van der Waals surface area contributed by atoms with Gasteiger partial charge < -0.3 is 9.47 Å². The zero-order valence-corrected chi connectivity index (χ0v) is 12.8. The molecule has 0 aromatic heterocycles. The largest absolute Gasteiger partial charge is 0.497 e. The number of carbonyl (C=O) groups excluding carboxylic acids is 1. The third kappa shape index (κ3) is 2.75. The van der Waals surface area contributed by atoms with Gasteiger partial charge in [-0.2, -0.15) is 0 Å². The number of esters is 1. The van der Waals surface area contributed by atoms with Gasteiger partial charge in [-0.25, -0.2) is 9.18 Å². The van der Waals surface area contributed by atoms with Gasteiger partial charge in [0.1, 0.15) is 11.6 Å². The molecule has 0 saturated carbocycles. The summed E-state index contributed by atoms with van der Waals surface area (Å²) in [5, 5.41) is 1.71. The van der Waals surface area contributed by atoms with Gasteiger partial charge in [-0.3, -0.25) is 0 Å². The molecule has 116 valence electrons. The molecule has 0 aliphatic carbocycles. The Labute approximate surface area is 133 Å². The van der Waals surface area contributed by atoms with Crippen LogP contribution in [0.15, 0.2) is 54.6 Å². The van der Waals surface area contributed by atoms with Crippen LogP contribution in [0, 0.1) is 5.82 Å². The monoisotopic (exact) mass is 310 g/mol. The highest BCUT2D eigenvalue weighted by Crippen LogP contribution is 2.32. The molecule has 4 heteroatoms. The highest BCUT2D eigenvalue weighted by Gasteiger charge is 2.12. The van der Waals surface area contributed by atoms with Gasteiger partial charge in [-0.1, -0.05) is 24.3 Å². The summed E-state index contributed by atoms with van der Waals surface area (Å²) in [5.74, 6) is -0.334. The minimum Gasteiger partial charge on any atom is -0.497 e. The summed E-state index contributed by atoms with van der Waals surface area (Å²) in [4.78, 5) is 11.7. The summed E-state index contributed by atoms with van der Waals surface area (Å²) < 4.78 is 24.2. The molecule has 3 rings (SSSR count). The lowest BCUT2D eigenvalue weighted by Gasteiger charge is -2.10. The van der Waals surface area contributed by atoms with E-state index < -0.39 is 5.97 Å². The maximum atomic E-state index is 14.4. The Morgan fingerprint density at radius 2 is 1.78 bits per heavy atom. The highest BCUT2D eigenvalue weighted by molar-refractivity contribution is 6.01. The first-order valence-corrected chi connectivity index (χ1v) is 7.09. The van der Waals surface area contributed by atoms with Crippen molar-refractivity contribution in [2.75, 3.05) is 14.2 Å². The fourth-order valence-corrected chi connectivity index (χ4v) is 2.59. The number of ether oxygens (including phenoxy) is 2. The highest BCUT2D eigenvalue weighted by atomic mass is 19.1. The smallest absolute Gasteiger partial charge is 0.337 e. The fourth-order valence-electron chi connectivity index (χ4n) is 2.59. The average molecular weight is 310 g/mol. The molecule has 0 radical (unpaired) electrons. The van der Waals surface area contributed by atoms with Crippen molar-refractivity contribution in [2.24, 2.45) is 0 Å². The second-order valence-electron chi connectivity index (χ2n) is 5.08. The van der Waals surface area contributed by atoms with E-state index in [4.69, 9.17) is 9.47 Å². The lowest BCUT2D eigenvalue weighted by atomic mass is 9.96. The normalized spacial score (nSPS) is 10.6. The van der Waals surface area contributed by atoms with Crippen molar-refractivity contribution in [3.8, 4) is 16.9 Å². The molecule has 0 atom stereocenters. The van der Waals surface area contributed by atoms with Gasteiger partial charge in [-0.15, -0.1) is 0 Å². The van der Waals surface area contributed by atoms with Gasteiger partial charge in [0.15, 0.2) is 0 Å². The lowest BCUT2D eigenvalue weighted by Crippen LogP contribution is -2.00. The molecule has 23 heavy (non-hydrogen) atoms. The minimum absolute atomic E-state index is 0.375. The maximum absolute atomic E-state index is 14.4. The van der Waals surface area contributed by atoms with Crippen LogP contribution in [-0.4, -0.2) is 20.2 Å². The predicted molar refractivity (Wildman–Crippen MR) is 87.2 cm³/mol. The number of carbonyl (C=O) groups is 1. The van der Waals surface area contributed by atoms with Gasteiger partial charge in [0.2, 0.25) is 0 Å². The number of fused-ring (bicyclic) bond motifs is 1. The van der Waals surface area contributed by atoms with E-state index in [-0.39, 0.29) is 5.82 Å². The molecular formula is C19H15FO3. The molecule has 0 bridgehead atoms. The first-order chi connectivity index (χ1) is 11.1. The molecule has 0 aliphatic rings. The fraction of sp³-hybridized carbons (Fsp3) is 0.105. The number of hydrogen-bond donors (Lipinski definition) is 0. The Balaban J connectivity index is 2.22. The molecule has 0 N–H and O–H groups in total. The summed E-state index contributed by atoms with van der Waals surface area (Å²) in [6.07, 6.45) is 0. The number of halogens is 1. The number of hydrogen-bond acceptors (Lipinski definition) is 3. The van der Waals surface area contributed by atoms with E-state index in [0.29, 0.717) is 22.4 Å².